The van der Waals surface area contributed by atoms with Crippen LogP contribution in [0.2, 0.25) is 0 Å². The molecule has 0 fully saturated rings. The van der Waals surface area contributed by atoms with Gasteiger partial charge in [0, 0.05) is 0 Å². The number of hydrogen-bond donors (Lipinski definition) is 0. The Kier molecular flexibility index (Phi) is 9.07. The Balaban J connectivity index is 4.23. The molecule has 0 N–H and O–H groups in total. The second kappa shape index (κ2) is 8.72. The molecular weight excluding hydrogens is 323 g/mol. The summed E-state index contributed by atoms with van der Waals surface area (Å²) in [6, 6.07) is 0. The van der Waals surface area contributed by atoms with Gasteiger partial charge in [0.15, 0.2) is 0 Å². The molecule has 0 unspecified atom stereocenters. The first kappa shape index (κ1) is 17.7. The zero-order valence-electron chi connectivity index (χ0n) is 12.1. The third-order valence-corrected chi connectivity index (χ3v) is 3.06. The summed E-state index contributed by atoms with van der Waals surface area (Å²) in [6.45, 7) is 14.8. The van der Waals surface area contributed by atoms with Gasteiger partial charge in [-0.25, -0.2) is 0 Å². The molecule has 0 aliphatic rings. The monoisotopic (exact) mass is 351 g/mol. The molecule has 17 heavy (non-hydrogen) atoms. The van der Waals surface area contributed by atoms with Crippen molar-refractivity contribution in [1.82, 2.24) is 0 Å². The van der Waals surface area contributed by atoms with Gasteiger partial charge in [-0.3, -0.25) is 0 Å². The Morgan fingerprint density at radius 1 is 0.706 bits per heavy atom. The first-order chi connectivity index (χ1) is 7.75. The van der Waals surface area contributed by atoms with Crippen LogP contribution in [0.3, 0.4) is 0 Å². The molecule has 0 saturated heterocycles. The van der Waals surface area contributed by atoms with E-state index in [1.54, 1.807) is 0 Å². The summed E-state index contributed by atoms with van der Waals surface area (Å²) in [4.78, 5) is 0. The molecule has 3 radical (unpaired) electrons. The summed E-state index contributed by atoms with van der Waals surface area (Å²) in [6.07, 6.45) is 0. The summed E-state index contributed by atoms with van der Waals surface area (Å²) >= 11 is 1.12. The van der Waals surface area contributed by atoms with Crippen LogP contribution in [0, 0.1) is 17.8 Å². The van der Waals surface area contributed by atoms with Gasteiger partial charge in [-0.15, -0.1) is 0 Å². The Labute approximate surface area is 120 Å². The van der Waals surface area contributed by atoms with E-state index in [0.29, 0.717) is 37.6 Å². The first-order valence-electron chi connectivity index (χ1n) is 6.42. The van der Waals surface area contributed by atoms with E-state index in [2.05, 4.69) is 41.5 Å². The van der Waals surface area contributed by atoms with Crippen LogP contribution in [0.5, 0.6) is 0 Å². The van der Waals surface area contributed by atoms with Gasteiger partial charge in [0.1, 0.15) is 0 Å². The van der Waals surface area contributed by atoms with E-state index in [4.69, 9.17) is 14.2 Å². The first-order valence-corrected chi connectivity index (χ1v) is 7.84. The maximum absolute atomic E-state index is 5.79. The average molecular weight is 350 g/mol. The van der Waals surface area contributed by atoms with Gasteiger partial charge < -0.3 is 0 Å². The van der Waals surface area contributed by atoms with Crippen molar-refractivity contribution in [3.05, 3.63) is 0 Å². The number of ether oxygens (including phenoxy) is 3. The standard InChI is InChI=1S/C13H27O3.Sn/c1-10(2)7-14-13(15-8-11(3)4)16-9-12(5)6;/h10-12H,7-9H2,1-6H3;. The molecule has 0 bridgehead atoms. The van der Waals surface area contributed by atoms with Crippen molar-refractivity contribution in [3.8, 4) is 0 Å². The molecule has 0 spiro atoms. The van der Waals surface area contributed by atoms with E-state index < -0.39 is 3.99 Å². The zero-order valence-corrected chi connectivity index (χ0v) is 14.9. The van der Waals surface area contributed by atoms with Gasteiger partial charge >= 0.3 is 120 Å². The van der Waals surface area contributed by atoms with Crippen LogP contribution < -0.4 is 0 Å². The van der Waals surface area contributed by atoms with Crippen molar-refractivity contribution in [2.75, 3.05) is 19.8 Å². The Hall–Kier alpha value is 0.679. The summed E-state index contributed by atoms with van der Waals surface area (Å²) in [5, 5.41) is 0. The molecule has 0 amide bonds. The van der Waals surface area contributed by atoms with E-state index in [-0.39, 0.29) is 0 Å². The summed E-state index contributed by atoms with van der Waals surface area (Å²) < 4.78 is 16.5. The number of rotatable bonds is 9. The topological polar surface area (TPSA) is 27.7 Å². The van der Waals surface area contributed by atoms with E-state index >= 15 is 0 Å². The molecule has 0 aromatic rings. The minimum absolute atomic E-state index is 0.486. The third-order valence-electron chi connectivity index (χ3n) is 1.82. The van der Waals surface area contributed by atoms with Crippen LogP contribution in [0.25, 0.3) is 0 Å². The van der Waals surface area contributed by atoms with Crippen molar-refractivity contribution in [1.29, 1.82) is 0 Å². The quantitative estimate of drug-likeness (QED) is 0.473. The second-order valence-electron chi connectivity index (χ2n) is 5.67. The summed E-state index contributed by atoms with van der Waals surface area (Å²) in [7, 11) is 0. The van der Waals surface area contributed by atoms with Gasteiger partial charge in [-0.05, 0) is 0 Å². The van der Waals surface area contributed by atoms with E-state index in [1.807, 2.05) is 0 Å². The molecule has 0 aromatic heterocycles. The molecule has 101 valence electrons. The Morgan fingerprint density at radius 2 is 0.941 bits per heavy atom. The molecule has 0 rings (SSSR count). The number of hydrogen-bond acceptors (Lipinski definition) is 3. The fourth-order valence-corrected chi connectivity index (χ4v) is 1.67. The second-order valence-corrected chi connectivity index (χ2v) is 7.42. The van der Waals surface area contributed by atoms with Gasteiger partial charge in [0.05, 0.1) is 0 Å². The van der Waals surface area contributed by atoms with Gasteiger partial charge in [-0.1, -0.05) is 0 Å². The van der Waals surface area contributed by atoms with Crippen molar-refractivity contribution in [2.45, 2.75) is 45.5 Å². The van der Waals surface area contributed by atoms with Crippen LogP contribution in [0.1, 0.15) is 41.5 Å². The normalized spacial score (nSPS) is 13.1. The third kappa shape index (κ3) is 10.3. The predicted molar refractivity (Wildman–Crippen MR) is 70.9 cm³/mol. The van der Waals surface area contributed by atoms with Gasteiger partial charge in [-0.2, -0.15) is 0 Å². The van der Waals surface area contributed by atoms with Crippen LogP contribution in [0.4, 0.5) is 0 Å². The van der Waals surface area contributed by atoms with Gasteiger partial charge in [0.2, 0.25) is 0 Å². The minimum atomic E-state index is -0.814. The van der Waals surface area contributed by atoms with Crippen LogP contribution in [0.15, 0.2) is 0 Å². The van der Waals surface area contributed by atoms with Crippen molar-refractivity contribution in [3.63, 3.8) is 0 Å². The molecular formula is C13H27O3Sn. The van der Waals surface area contributed by atoms with E-state index in [9.17, 15) is 0 Å². The van der Waals surface area contributed by atoms with Crippen LogP contribution in [-0.2, 0) is 14.2 Å². The maximum atomic E-state index is 5.79. The average Bonchev–Trinajstić information content (AvgIpc) is 2.21. The van der Waals surface area contributed by atoms with Crippen LogP contribution in [-0.4, -0.2) is 46.3 Å². The molecule has 3 nitrogen and oxygen atoms in total. The van der Waals surface area contributed by atoms with Gasteiger partial charge in [0.25, 0.3) is 0 Å². The molecule has 0 saturated carbocycles. The Bertz CT molecular complexity index is 162. The fraction of sp³-hybridized carbons (Fsp3) is 1.00. The molecule has 0 aliphatic carbocycles. The van der Waals surface area contributed by atoms with Crippen molar-refractivity contribution < 1.29 is 14.2 Å². The summed E-state index contributed by atoms with van der Waals surface area (Å²) in [5.74, 6) is 1.46. The molecule has 0 atom stereocenters. The summed E-state index contributed by atoms with van der Waals surface area (Å²) in [5.41, 5.74) is 0. The Morgan fingerprint density at radius 3 is 1.12 bits per heavy atom. The molecule has 0 aliphatic heterocycles. The van der Waals surface area contributed by atoms with Crippen molar-refractivity contribution in [2.24, 2.45) is 17.8 Å². The fourth-order valence-electron chi connectivity index (χ4n) is 0.954. The predicted octanol–water partition coefficient (Wildman–Crippen LogP) is 2.78. The zero-order chi connectivity index (χ0) is 13.5. The molecule has 0 heterocycles. The molecule has 4 heteroatoms. The van der Waals surface area contributed by atoms with Crippen LogP contribution >= 0.6 is 0 Å². The van der Waals surface area contributed by atoms with E-state index in [1.165, 1.54) is 0 Å². The SMILES string of the molecule is CC(C)CO[C]([Sn])(OCC(C)C)OCC(C)C. The van der Waals surface area contributed by atoms with Crippen molar-refractivity contribution >= 4 is 22.5 Å². The molecule has 0 aromatic carbocycles. The van der Waals surface area contributed by atoms with E-state index in [0.717, 1.165) is 22.5 Å².